The number of unbranched alkanes of at least 4 members (excludes halogenated alkanes) is 1. The van der Waals surface area contributed by atoms with Gasteiger partial charge in [-0.25, -0.2) is 9.59 Å². The Labute approximate surface area is 385 Å². The molecule has 1 aromatic rings. The van der Waals surface area contributed by atoms with Crippen LogP contribution < -0.4 is 26.6 Å². The van der Waals surface area contributed by atoms with Gasteiger partial charge in [0, 0.05) is 59.7 Å². The average Bonchev–Trinajstić information content (AvgIpc) is 3.57. The number of carboxylic acids is 4. The van der Waals surface area contributed by atoms with E-state index in [-0.39, 0.29) is 76.8 Å². The summed E-state index contributed by atoms with van der Waals surface area (Å²) < 4.78 is 0.851. The number of benzene rings is 1. The largest absolute Gasteiger partial charge is 0.481 e. The first-order valence-electron chi connectivity index (χ1n) is 20.8. The molecular formula is C41H53IN6O17. The lowest BCUT2D eigenvalue weighted by Gasteiger charge is -2.36. The Kier molecular flexibility index (Phi) is 21.4. The molecule has 4 atom stereocenters. The predicted molar refractivity (Wildman–Crippen MR) is 229 cm³/mol. The van der Waals surface area contributed by atoms with Crippen LogP contribution in [0.15, 0.2) is 24.3 Å². The molecule has 3 rings (SSSR count). The first-order chi connectivity index (χ1) is 30.7. The summed E-state index contributed by atoms with van der Waals surface area (Å²) in [6.07, 6.45) is -2.25. The molecule has 1 saturated carbocycles. The van der Waals surface area contributed by atoms with Crippen LogP contribution in [0, 0.1) is 14.9 Å². The molecule has 0 bridgehead atoms. The van der Waals surface area contributed by atoms with Crippen LogP contribution in [0.2, 0.25) is 0 Å². The Hall–Kier alpha value is -6.05. The molecule has 1 saturated heterocycles. The molecule has 9 N–H and O–H groups in total. The first kappa shape index (κ1) is 53.3. The van der Waals surface area contributed by atoms with E-state index in [1.165, 1.54) is 0 Å². The number of hydroxylamine groups is 2. The zero-order chi connectivity index (χ0) is 48.3. The van der Waals surface area contributed by atoms with Gasteiger partial charge in [0.2, 0.25) is 17.7 Å². The number of nitrogens with zero attached hydrogens (tertiary/aromatic N) is 1. The van der Waals surface area contributed by atoms with Crippen molar-refractivity contribution in [3.63, 3.8) is 0 Å². The molecule has 0 spiro atoms. The van der Waals surface area contributed by atoms with Crippen LogP contribution in [-0.4, -0.2) is 134 Å². The molecule has 0 aromatic heterocycles. The SMILES string of the molecule is O=CC1(CN[C@H](CCC(=O)O)C(=O)N[C@H](CCC(=O)O)C(=O)N[C@H](CCC(=O)O)C(=O)N[C@H](CCCCNC(=O)c2cccc(I)c2)C(=O)O)CCC(C(=O)ON2C(=O)CCC2=O)CC1. The minimum absolute atomic E-state index is 0.0805. The molecule has 0 radical (unpaired) electrons. The summed E-state index contributed by atoms with van der Waals surface area (Å²) in [5, 5.41) is 50.9. The molecule has 1 aliphatic carbocycles. The van der Waals surface area contributed by atoms with E-state index in [1.807, 2.05) is 6.07 Å². The van der Waals surface area contributed by atoms with Gasteiger partial charge in [0.25, 0.3) is 17.7 Å². The highest BCUT2D eigenvalue weighted by molar-refractivity contribution is 14.1. The van der Waals surface area contributed by atoms with Gasteiger partial charge in [-0.1, -0.05) is 6.07 Å². The summed E-state index contributed by atoms with van der Waals surface area (Å²) in [4.78, 5) is 154. The Bertz CT molecular complexity index is 1960. The van der Waals surface area contributed by atoms with Crippen molar-refractivity contribution in [3.8, 4) is 0 Å². The summed E-state index contributed by atoms with van der Waals surface area (Å²) in [7, 11) is 0. The molecule has 356 valence electrons. The minimum Gasteiger partial charge on any atom is -0.481 e. The van der Waals surface area contributed by atoms with E-state index in [0.29, 0.717) is 23.3 Å². The number of carboxylic acid groups (broad SMARTS) is 4. The zero-order valence-electron chi connectivity index (χ0n) is 35.2. The normalized spacial score (nSPS) is 18.8. The lowest BCUT2D eigenvalue weighted by Crippen LogP contribution is -2.58. The molecule has 2 fully saturated rings. The molecule has 1 aliphatic heterocycles. The Morgan fingerprint density at radius 3 is 1.74 bits per heavy atom. The molecule has 23 nitrogen and oxygen atoms in total. The number of nitrogens with one attached hydrogen (secondary N) is 5. The van der Waals surface area contributed by atoms with E-state index >= 15 is 0 Å². The molecule has 1 aromatic carbocycles. The number of carbonyl (C=O) groups is 12. The second-order valence-corrected chi connectivity index (χ2v) is 17.0. The van der Waals surface area contributed by atoms with Gasteiger partial charge < -0.3 is 56.6 Å². The molecule has 1 heterocycles. The smallest absolute Gasteiger partial charge is 0.336 e. The van der Waals surface area contributed by atoms with E-state index in [9.17, 15) is 78.0 Å². The number of aliphatic carboxylic acids is 4. The zero-order valence-corrected chi connectivity index (χ0v) is 37.4. The van der Waals surface area contributed by atoms with Crippen molar-refractivity contribution < 1.29 is 82.8 Å². The molecule has 24 heteroatoms. The maximum Gasteiger partial charge on any atom is 0.336 e. The second kappa shape index (κ2) is 26.0. The molecule has 65 heavy (non-hydrogen) atoms. The van der Waals surface area contributed by atoms with E-state index < -0.39 is 127 Å². The van der Waals surface area contributed by atoms with Crippen molar-refractivity contribution in [2.75, 3.05) is 13.1 Å². The quantitative estimate of drug-likeness (QED) is 0.0235. The van der Waals surface area contributed by atoms with Crippen LogP contribution >= 0.6 is 22.6 Å². The summed E-state index contributed by atoms with van der Waals surface area (Å²) in [6, 6.07) is 0.557. The van der Waals surface area contributed by atoms with Crippen LogP contribution in [0.4, 0.5) is 0 Å². The topological polar surface area (TPSA) is 358 Å². The standard InChI is InChI=1S/C41H53IN6O17/c42-25-5-3-4-24(20-25)35(58)43-19-2-1-6-29(39(62)63)47-38(61)28(9-14-34(56)57)46-37(60)27(8-13-33(54)55)45-36(59)26(7-12-32(52)53)44-21-41(22-49)17-15-23(16-18-41)40(64)65-48-30(50)10-11-31(48)51/h3-5,20,22-23,26-29,44H,1-2,6-19,21H2,(H,43,58)(H,45,59)(H,46,60)(H,47,61)(H,52,53)(H,54,55)(H,56,57)(H,62,63)/t23?,26-,27-,28-,29-,41?/m1/s1. The van der Waals surface area contributed by atoms with E-state index in [4.69, 9.17) is 4.84 Å². The van der Waals surface area contributed by atoms with Gasteiger partial charge in [0.15, 0.2) is 0 Å². The molecule has 6 amide bonds. The summed E-state index contributed by atoms with van der Waals surface area (Å²) in [6.45, 7) is -0.0296. The van der Waals surface area contributed by atoms with Crippen molar-refractivity contribution in [1.29, 1.82) is 0 Å². The van der Waals surface area contributed by atoms with Crippen LogP contribution in [0.1, 0.15) is 107 Å². The van der Waals surface area contributed by atoms with Gasteiger partial charge in [0.1, 0.15) is 24.4 Å². The van der Waals surface area contributed by atoms with E-state index in [2.05, 4.69) is 49.2 Å². The number of carbonyl (C=O) groups excluding carboxylic acids is 8. The van der Waals surface area contributed by atoms with Crippen LogP contribution in [0.25, 0.3) is 0 Å². The van der Waals surface area contributed by atoms with E-state index in [1.54, 1.807) is 18.2 Å². The lowest BCUT2D eigenvalue weighted by atomic mass is 9.71. The van der Waals surface area contributed by atoms with Gasteiger partial charge in [-0.05, 0) is 105 Å². The third kappa shape index (κ3) is 17.8. The molecule has 2 aliphatic rings. The minimum atomic E-state index is -1.70. The van der Waals surface area contributed by atoms with Gasteiger partial charge in [0.05, 0.1) is 12.0 Å². The van der Waals surface area contributed by atoms with Crippen molar-refractivity contribution in [2.24, 2.45) is 11.3 Å². The van der Waals surface area contributed by atoms with Crippen LogP contribution in [-0.2, 0) is 57.6 Å². The second-order valence-electron chi connectivity index (χ2n) is 15.8. The summed E-state index contributed by atoms with van der Waals surface area (Å²) >= 11 is 2.06. The Morgan fingerprint density at radius 1 is 0.738 bits per heavy atom. The first-order valence-corrected chi connectivity index (χ1v) is 21.9. The maximum atomic E-state index is 13.7. The fourth-order valence-electron chi connectivity index (χ4n) is 7.06. The summed E-state index contributed by atoms with van der Waals surface area (Å²) in [5.41, 5.74) is -0.741. The van der Waals surface area contributed by atoms with Gasteiger partial charge in [-0.2, -0.15) is 0 Å². The number of amides is 6. The van der Waals surface area contributed by atoms with Crippen LogP contribution in [0.3, 0.4) is 0 Å². The highest BCUT2D eigenvalue weighted by atomic mass is 127. The van der Waals surface area contributed by atoms with Crippen molar-refractivity contribution in [2.45, 2.75) is 120 Å². The molecular weight excluding hydrogens is 975 g/mol. The summed E-state index contributed by atoms with van der Waals surface area (Å²) in [5.74, 6) is -12.0. The highest BCUT2D eigenvalue weighted by Gasteiger charge is 2.41. The van der Waals surface area contributed by atoms with Gasteiger partial charge in [-0.15, -0.1) is 5.06 Å². The van der Waals surface area contributed by atoms with Gasteiger partial charge in [-0.3, -0.25) is 43.2 Å². The number of aldehydes is 1. The number of rotatable bonds is 28. The fraction of sp³-hybridized carbons (Fsp3) is 0.561. The average molecular weight is 1030 g/mol. The van der Waals surface area contributed by atoms with Crippen molar-refractivity contribution in [3.05, 3.63) is 33.4 Å². The predicted octanol–water partition coefficient (Wildman–Crippen LogP) is 0.266. The fourth-order valence-corrected chi connectivity index (χ4v) is 7.61. The Balaban J connectivity index is 1.67. The number of hydrogen-bond donors (Lipinski definition) is 9. The highest BCUT2D eigenvalue weighted by Crippen LogP contribution is 2.38. The Morgan fingerprint density at radius 2 is 1.25 bits per heavy atom. The van der Waals surface area contributed by atoms with E-state index in [0.717, 1.165) is 3.57 Å². The maximum absolute atomic E-state index is 13.7. The number of imide groups is 1. The van der Waals surface area contributed by atoms with Crippen molar-refractivity contribution >= 4 is 94.2 Å². The van der Waals surface area contributed by atoms with Gasteiger partial charge >= 0.3 is 29.8 Å². The number of hydrogen-bond acceptors (Lipinski definition) is 14. The number of halogens is 1. The lowest BCUT2D eigenvalue weighted by molar-refractivity contribution is -0.201. The monoisotopic (exact) mass is 1030 g/mol. The molecule has 0 unspecified atom stereocenters. The van der Waals surface area contributed by atoms with Crippen LogP contribution in [0.5, 0.6) is 0 Å². The third-order valence-corrected chi connectivity index (χ3v) is 11.6. The van der Waals surface area contributed by atoms with Crippen molar-refractivity contribution in [1.82, 2.24) is 31.6 Å². The third-order valence-electron chi connectivity index (χ3n) is 10.9.